The van der Waals surface area contributed by atoms with Gasteiger partial charge < -0.3 is 15.0 Å². The summed E-state index contributed by atoms with van der Waals surface area (Å²) in [6.07, 6.45) is 2.30. The van der Waals surface area contributed by atoms with Crippen LogP contribution < -0.4 is 10.1 Å². The van der Waals surface area contributed by atoms with Gasteiger partial charge in [0.2, 0.25) is 0 Å². The fraction of sp³-hybridized carbons (Fsp3) is 0.625. The SMILES string of the molecule is CCCNC1c2cc(OC)ccc2CC1N(C)CC. The minimum absolute atomic E-state index is 0.426. The van der Waals surface area contributed by atoms with Crippen molar-refractivity contribution in [1.82, 2.24) is 10.2 Å². The summed E-state index contributed by atoms with van der Waals surface area (Å²) < 4.78 is 5.37. The summed E-state index contributed by atoms with van der Waals surface area (Å²) >= 11 is 0. The zero-order chi connectivity index (χ0) is 13.8. The molecule has 3 heteroatoms. The average Bonchev–Trinajstić information content (AvgIpc) is 2.81. The molecule has 1 aromatic carbocycles. The van der Waals surface area contributed by atoms with Crippen molar-refractivity contribution < 1.29 is 4.74 Å². The Bertz CT molecular complexity index is 419. The van der Waals surface area contributed by atoms with E-state index in [1.807, 2.05) is 0 Å². The third kappa shape index (κ3) is 2.93. The number of benzene rings is 1. The largest absolute Gasteiger partial charge is 0.497 e. The van der Waals surface area contributed by atoms with Gasteiger partial charge >= 0.3 is 0 Å². The molecule has 0 spiro atoms. The summed E-state index contributed by atoms with van der Waals surface area (Å²) in [6.45, 7) is 6.59. The van der Waals surface area contributed by atoms with Crippen molar-refractivity contribution in [3.8, 4) is 5.75 Å². The topological polar surface area (TPSA) is 24.5 Å². The molecule has 3 nitrogen and oxygen atoms in total. The lowest BCUT2D eigenvalue weighted by atomic mass is 10.1. The third-order valence-electron chi connectivity index (χ3n) is 4.18. The van der Waals surface area contributed by atoms with Crippen LogP contribution in [-0.4, -0.2) is 38.2 Å². The number of hydrogen-bond acceptors (Lipinski definition) is 3. The van der Waals surface area contributed by atoms with E-state index in [1.165, 1.54) is 17.5 Å². The van der Waals surface area contributed by atoms with Crippen molar-refractivity contribution in [2.24, 2.45) is 0 Å². The summed E-state index contributed by atoms with van der Waals surface area (Å²) in [5, 5.41) is 3.71. The fourth-order valence-corrected chi connectivity index (χ4v) is 2.92. The van der Waals surface area contributed by atoms with Crippen LogP contribution >= 0.6 is 0 Å². The second-order valence-corrected chi connectivity index (χ2v) is 5.34. The van der Waals surface area contributed by atoms with Gasteiger partial charge in [0.05, 0.1) is 7.11 Å². The molecule has 0 saturated heterocycles. The third-order valence-corrected chi connectivity index (χ3v) is 4.18. The highest BCUT2D eigenvalue weighted by molar-refractivity contribution is 5.42. The molecule has 1 aromatic rings. The van der Waals surface area contributed by atoms with Crippen LogP contribution in [0.4, 0.5) is 0 Å². The Balaban J connectivity index is 2.27. The van der Waals surface area contributed by atoms with E-state index in [1.54, 1.807) is 7.11 Å². The molecule has 19 heavy (non-hydrogen) atoms. The number of hydrogen-bond donors (Lipinski definition) is 1. The lowest BCUT2D eigenvalue weighted by molar-refractivity contribution is 0.213. The van der Waals surface area contributed by atoms with Crippen molar-refractivity contribution in [3.05, 3.63) is 29.3 Å². The molecule has 0 heterocycles. The van der Waals surface area contributed by atoms with Gasteiger partial charge in [-0.2, -0.15) is 0 Å². The molecular formula is C16H26N2O. The molecular weight excluding hydrogens is 236 g/mol. The normalized spacial score (nSPS) is 21.7. The molecule has 0 bridgehead atoms. The van der Waals surface area contributed by atoms with Crippen molar-refractivity contribution in [2.45, 2.75) is 38.8 Å². The molecule has 0 saturated carbocycles. The smallest absolute Gasteiger partial charge is 0.119 e. The Morgan fingerprint density at radius 1 is 1.37 bits per heavy atom. The first-order valence-electron chi connectivity index (χ1n) is 7.31. The van der Waals surface area contributed by atoms with Crippen LogP contribution in [0.1, 0.15) is 37.4 Å². The van der Waals surface area contributed by atoms with Crippen LogP contribution in [0.2, 0.25) is 0 Å². The second-order valence-electron chi connectivity index (χ2n) is 5.34. The number of fused-ring (bicyclic) bond motifs is 1. The van der Waals surface area contributed by atoms with Gasteiger partial charge in [-0.15, -0.1) is 0 Å². The Morgan fingerprint density at radius 3 is 2.79 bits per heavy atom. The maximum Gasteiger partial charge on any atom is 0.119 e. The highest BCUT2D eigenvalue weighted by Gasteiger charge is 2.34. The van der Waals surface area contributed by atoms with E-state index in [2.05, 4.69) is 49.3 Å². The van der Waals surface area contributed by atoms with Gasteiger partial charge in [-0.05, 0) is 56.2 Å². The average molecular weight is 262 g/mol. The number of likely N-dealkylation sites (N-methyl/N-ethyl adjacent to an activating group) is 1. The van der Waals surface area contributed by atoms with Gasteiger partial charge in [-0.25, -0.2) is 0 Å². The number of nitrogens with one attached hydrogen (secondary N) is 1. The Morgan fingerprint density at radius 2 is 2.16 bits per heavy atom. The van der Waals surface area contributed by atoms with E-state index in [0.29, 0.717) is 12.1 Å². The van der Waals surface area contributed by atoms with E-state index >= 15 is 0 Å². The number of ether oxygens (including phenoxy) is 1. The van der Waals surface area contributed by atoms with Crippen LogP contribution in [0.25, 0.3) is 0 Å². The van der Waals surface area contributed by atoms with Crippen molar-refractivity contribution in [3.63, 3.8) is 0 Å². The molecule has 106 valence electrons. The minimum Gasteiger partial charge on any atom is -0.497 e. The van der Waals surface area contributed by atoms with Crippen LogP contribution in [0.5, 0.6) is 5.75 Å². The predicted octanol–water partition coefficient (Wildman–Crippen LogP) is 2.61. The van der Waals surface area contributed by atoms with Gasteiger partial charge in [0.15, 0.2) is 0 Å². The monoisotopic (exact) mass is 262 g/mol. The van der Waals surface area contributed by atoms with Crippen LogP contribution in [0, 0.1) is 0 Å². The molecule has 2 atom stereocenters. The maximum atomic E-state index is 5.37. The van der Waals surface area contributed by atoms with E-state index in [4.69, 9.17) is 4.74 Å². The Hall–Kier alpha value is -1.06. The van der Waals surface area contributed by atoms with E-state index in [0.717, 1.165) is 25.3 Å². The molecule has 1 aliphatic carbocycles. The van der Waals surface area contributed by atoms with Gasteiger partial charge in [0.1, 0.15) is 5.75 Å². The van der Waals surface area contributed by atoms with Crippen molar-refractivity contribution in [1.29, 1.82) is 0 Å². The van der Waals surface area contributed by atoms with E-state index < -0.39 is 0 Å². The molecule has 0 amide bonds. The molecule has 0 aliphatic heterocycles. The van der Waals surface area contributed by atoms with Gasteiger partial charge in [0.25, 0.3) is 0 Å². The number of rotatable bonds is 6. The fourth-order valence-electron chi connectivity index (χ4n) is 2.92. The van der Waals surface area contributed by atoms with Gasteiger partial charge in [-0.1, -0.05) is 19.9 Å². The molecule has 2 unspecified atom stereocenters. The second kappa shape index (κ2) is 6.40. The van der Waals surface area contributed by atoms with Gasteiger partial charge in [0, 0.05) is 12.1 Å². The quantitative estimate of drug-likeness (QED) is 0.853. The molecule has 2 rings (SSSR count). The van der Waals surface area contributed by atoms with Crippen LogP contribution in [-0.2, 0) is 6.42 Å². The minimum atomic E-state index is 0.426. The van der Waals surface area contributed by atoms with Crippen LogP contribution in [0.3, 0.4) is 0 Å². The van der Waals surface area contributed by atoms with E-state index in [-0.39, 0.29) is 0 Å². The first-order valence-corrected chi connectivity index (χ1v) is 7.31. The molecule has 1 N–H and O–H groups in total. The molecule has 1 aliphatic rings. The summed E-state index contributed by atoms with van der Waals surface area (Å²) in [4.78, 5) is 2.44. The summed E-state index contributed by atoms with van der Waals surface area (Å²) in [7, 11) is 3.95. The molecule has 0 radical (unpaired) electrons. The lowest BCUT2D eigenvalue weighted by Crippen LogP contribution is -2.40. The number of methoxy groups -OCH3 is 1. The first-order chi connectivity index (χ1) is 9.21. The highest BCUT2D eigenvalue weighted by atomic mass is 16.5. The highest BCUT2D eigenvalue weighted by Crippen LogP contribution is 2.36. The van der Waals surface area contributed by atoms with Crippen molar-refractivity contribution >= 4 is 0 Å². The number of nitrogens with zero attached hydrogens (tertiary/aromatic N) is 1. The summed E-state index contributed by atoms with van der Waals surface area (Å²) in [5.41, 5.74) is 2.87. The summed E-state index contributed by atoms with van der Waals surface area (Å²) in [6, 6.07) is 7.47. The maximum absolute atomic E-state index is 5.37. The summed E-state index contributed by atoms with van der Waals surface area (Å²) in [5.74, 6) is 0.960. The zero-order valence-electron chi connectivity index (χ0n) is 12.6. The van der Waals surface area contributed by atoms with Crippen LogP contribution in [0.15, 0.2) is 18.2 Å². The van der Waals surface area contributed by atoms with Gasteiger partial charge in [-0.3, -0.25) is 0 Å². The first kappa shape index (κ1) is 14.4. The predicted molar refractivity (Wildman–Crippen MR) is 79.8 cm³/mol. The Kier molecular flexibility index (Phi) is 4.83. The lowest BCUT2D eigenvalue weighted by Gasteiger charge is -2.29. The Labute approximate surface area is 116 Å². The molecule has 0 aromatic heterocycles. The standard InChI is InChI=1S/C16H26N2O/c1-5-9-17-16-14-11-13(19-4)8-7-12(14)10-15(16)18(3)6-2/h7-8,11,15-17H,5-6,9-10H2,1-4H3. The molecule has 0 fully saturated rings. The zero-order valence-corrected chi connectivity index (χ0v) is 12.6. The van der Waals surface area contributed by atoms with E-state index in [9.17, 15) is 0 Å². The van der Waals surface area contributed by atoms with Crippen molar-refractivity contribution in [2.75, 3.05) is 27.2 Å².